The zero-order valence-electron chi connectivity index (χ0n) is 17.3. The minimum Gasteiger partial charge on any atom is -0.349 e. The summed E-state index contributed by atoms with van der Waals surface area (Å²) >= 11 is 4.43. The van der Waals surface area contributed by atoms with Crippen LogP contribution in [0.5, 0.6) is 0 Å². The molecule has 2 aromatic heterocycles. The van der Waals surface area contributed by atoms with Crippen LogP contribution in [-0.4, -0.2) is 50.9 Å². The lowest BCUT2D eigenvalue weighted by Gasteiger charge is -2.23. The van der Waals surface area contributed by atoms with Crippen molar-refractivity contribution in [2.24, 2.45) is 0 Å². The maximum absolute atomic E-state index is 13.4. The number of benzene rings is 1. The van der Waals surface area contributed by atoms with Crippen molar-refractivity contribution in [3.05, 3.63) is 56.4 Å². The topological polar surface area (TPSA) is 75.2 Å². The fourth-order valence-corrected chi connectivity index (χ4v) is 6.37. The van der Waals surface area contributed by atoms with Crippen LogP contribution in [0.2, 0.25) is 0 Å². The average molecular weight is 477 g/mol. The molecule has 10 heteroatoms. The number of thioether (sulfide) groups is 1. The first kappa shape index (κ1) is 21.9. The SMILES string of the molecule is Cc1nc(C)c(C(=O)NC[C@@H]2CSCN2C(=O)c2nc(C)sc2-c2ccc(F)cc2)s1. The summed E-state index contributed by atoms with van der Waals surface area (Å²) in [6, 6.07) is 5.96. The third-order valence-electron chi connectivity index (χ3n) is 4.89. The van der Waals surface area contributed by atoms with Crippen LogP contribution >= 0.6 is 34.4 Å². The Bertz CT molecular complexity index is 1130. The zero-order valence-corrected chi connectivity index (χ0v) is 19.7. The molecule has 0 spiro atoms. The Hall–Kier alpha value is -2.30. The molecule has 0 radical (unpaired) electrons. The molecular formula is C21H21FN4O2S3. The van der Waals surface area contributed by atoms with E-state index >= 15 is 0 Å². The van der Waals surface area contributed by atoms with Crippen LogP contribution < -0.4 is 5.32 Å². The molecule has 0 saturated carbocycles. The van der Waals surface area contributed by atoms with Gasteiger partial charge in [-0.05, 0) is 38.5 Å². The van der Waals surface area contributed by atoms with Gasteiger partial charge in [0, 0.05) is 12.3 Å². The number of aryl methyl sites for hydroxylation is 3. The van der Waals surface area contributed by atoms with E-state index in [1.54, 1.807) is 28.8 Å². The van der Waals surface area contributed by atoms with Gasteiger partial charge in [0.15, 0.2) is 0 Å². The van der Waals surface area contributed by atoms with E-state index in [0.29, 0.717) is 23.0 Å². The summed E-state index contributed by atoms with van der Waals surface area (Å²) in [5.74, 6) is 0.622. The molecule has 4 rings (SSSR count). The molecule has 0 unspecified atom stereocenters. The zero-order chi connectivity index (χ0) is 22.1. The van der Waals surface area contributed by atoms with Gasteiger partial charge in [0.05, 0.1) is 32.5 Å². The van der Waals surface area contributed by atoms with Crippen molar-refractivity contribution in [2.75, 3.05) is 18.2 Å². The van der Waals surface area contributed by atoms with Crippen LogP contribution in [0.15, 0.2) is 24.3 Å². The monoisotopic (exact) mass is 476 g/mol. The number of nitrogens with zero attached hydrogens (tertiary/aromatic N) is 3. The van der Waals surface area contributed by atoms with E-state index in [0.717, 1.165) is 31.9 Å². The van der Waals surface area contributed by atoms with Crippen molar-refractivity contribution in [3.63, 3.8) is 0 Å². The predicted octanol–water partition coefficient (Wildman–Crippen LogP) is 4.28. The van der Waals surface area contributed by atoms with Crippen molar-refractivity contribution in [2.45, 2.75) is 26.8 Å². The molecule has 31 heavy (non-hydrogen) atoms. The lowest BCUT2D eigenvalue weighted by atomic mass is 10.1. The quantitative estimate of drug-likeness (QED) is 0.595. The molecule has 3 aromatic rings. The van der Waals surface area contributed by atoms with Gasteiger partial charge in [-0.15, -0.1) is 34.4 Å². The highest BCUT2D eigenvalue weighted by atomic mass is 32.2. The van der Waals surface area contributed by atoms with E-state index < -0.39 is 0 Å². The molecule has 2 amide bonds. The number of carbonyl (C=O) groups is 2. The van der Waals surface area contributed by atoms with Crippen molar-refractivity contribution >= 4 is 46.2 Å². The number of halogens is 1. The molecule has 1 atom stereocenters. The summed E-state index contributed by atoms with van der Waals surface area (Å²) in [7, 11) is 0. The second-order valence-corrected chi connectivity index (χ2v) is 10.6. The number of carbonyl (C=O) groups excluding carboxylic acids is 2. The van der Waals surface area contributed by atoms with Crippen molar-refractivity contribution in [1.29, 1.82) is 0 Å². The third kappa shape index (κ3) is 4.65. The number of nitrogens with one attached hydrogen (secondary N) is 1. The van der Waals surface area contributed by atoms with Crippen LogP contribution in [0.4, 0.5) is 4.39 Å². The van der Waals surface area contributed by atoms with Gasteiger partial charge in [-0.3, -0.25) is 9.59 Å². The highest BCUT2D eigenvalue weighted by Crippen LogP contribution is 2.33. The summed E-state index contributed by atoms with van der Waals surface area (Å²) in [5.41, 5.74) is 1.86. The predicted molar refractivity (Wildman–Crippen MR) is 123 cm³/mol. The van der Waals surface area contributed by atoms with Gasteiger partial charge in [0.1, 0.15) is 16.4 Å². The second kappa shape index (κ2) is 9.05. The molecule has 1 aliphatic heterocycles. The molecular weight excluding hydrogens is 455 g/mol. The molecule has 1 fully saturated rings. The van der Waals surface area contributed by atoms with E-state index in [9.17, 15) is 14.0 Å². The molecule has 0 bridgehead atoms. The number of aromatic nitrogens is 2. The second-order valence-electron chi connectivity index (χ2n) is 7.20. The molecule has 1 aliphatic rings. The van der Waals surface area contributed by atoms with Crippen LogP contribution in [0, 0.1) is 26.6 Å². The van der Waals surface area contributed by atoms with Gasteiger partial charge < -0.3 is 10.2 Å². The summed E-state index contributed by atoms with van der Waals surface area (Å²) in [6.07, 6.45) is 0. The summed E-state index contributed by atoms with van der Waals surface area (Å²) in [6.45, 7) is 5.91. The first-order chi connectivity index (χ1) is 14.8. The summed E-state index contributed by atoms with van der Waals surface area (Å²) in [4.78, 5) is 37.8. The van der Waals surface area contributed by atoms with E-state index in [4.69, 9.17) is 0 Å². The van der Waals surface area contributed by atoms with E-state index in [1.807, 2.05) is 20.8 Å². The Kier molecular flexibility index (Phi) is 6.40. The molecule has 6 nitrogen and oxygen atoms in total. The van der Waals surface area contributed by atoms with Crippen molar-refractivity contribution in [3.8, 4) is 10.4 Å². The first-order valence-corrected chi connectivity index (χ1v) is 12.5. The van der Waals surface area contributed by atoms with Gasteiger partial charge in [0.25, 0.3) is 11.8 Å². The highest BCUT2D eigenvalue weighted by Gasteiger charge is 2.33. The summed E-state index contributed by atoms with van der Waals surface area (Å²) < 4.78 is 13.3. The first-order valence-electron chi connectivity index (χ1n) is 9.67. The van der Waals surface area contributed by atoms with Crippen LogP contribution in [0.1, 0.15) is 35.9 Å². The fourth-order valence-electron chi connectivity index (χ4n) is 3.41. The van der Waals surface area contributed by atoms with Crippen molar-refractivity contribution in [1.82, 2.24) is 20.2 Å². The Balaban J connectivity index is 1.50. The fraction of sp³-hybridized carbons (Fsp3) is 0.333. The van der Waals surface area contributed by atoms with E-state index in [-0.39, 0.29) is 23.7 Å². The van der Waals surface area contributed by atoms with E-state index in [1.165, 1.54) is 34.8 Å². The Morgan fingerprint density at radius 2 is 1.84 bits per heavy atom. The van der Waals surface area contributed by atoms with Gasteiger partial charge in [-0.1, -0.05) is 12.1 Å². The number of rotatable bonds is 5. The molecule has 162 valence electrons. The number of amides is 2. The minimum atomic E-state index is -0.323. The van der Waals surface area contributed by atoms with E-state index in [2.05, 4.69) is 15.3 Å². The third-order valence-corrected chi connectivity index (χ3v) is 8.07. The van der Waals surface area contributed by atoms with Crippen LogP contribution in [0.25, 0.3) is 10.4 Å². The molecule has 3 heterocycles. The molecule has 1 saturated heterocycles. The smallest absolute Gasteiger partial charge is 0.275 e. The maximum atomic E-state index is 13.4. The van der Waals surface area contributed by atoms with Gasteiger partial charge >= 0.3 is 0 Å². The number of hydrogen-bond acceptors (Lipinski definition) is 7. The van der Waals surface area contributed by atoms with Crippen molar-refractivity contribution < 1.29 is 14.0 Å². The van der Waals surface area contributed by atoms with Gasteiger partial charge in [-0.25, -0.2) is 14.4 Å². The van der Waals surface area contributed by atoms with Crippen LogP contribution in [-0.2, 0) is 0 Å². The maximum Gasteiger partial charge on any atom is 0.275 e. The number of hydrogen-bond donors (Lipinski definition) is 1. The lowest BCUT2D eigenvalue weighted by Crippen LogP contribution is -2.44. The molecule has 1 N–H and O–H groups in total. The lowest BCUT2D eigenvalue weighted by molar-refractivity contribution is 0.0732. The Morgan fingerprint density at radius 3 is 2.52 bits per heavy atom. The largest absolute Gasteiger partial charge is 0.349 e. The summed E-state index contributed by atoms with van der Waals surface area (Å²) in [5, 5.41) is 4.58. The number of thiazole rings is 2. The van der Waals surface area contributed by atoms with Gasteiger partial charge in [-0.2, -0.15) is 0 Å². The standard InChI is InChI=1S/C21H21FN4O2S3/c1-11-18(30-12(2)24-11)20(27)23-8-16-9-29-10-26(16)21(28)17-19(31-13(3)25-17)14-4-6-15(22)7-5-14/h4-7,16H,8-10H2,1-3H3,(H,23,27)/t16-/m1/s1. The Labute approximate surface area is 191 Å². The highest BCUT2D eigenvalue weighted by molar-refractivity contribution is 7.99. The average Bonchev–Trinajstić information content (AvgIpc) is 3.44. The Morgan fingerprint density at radius 1 is 1.13 bits per heavy atom. The van der Waals surface area contributed by atoms with Crippen LogP contribution in [0.3, 0.4) is 0 Å². The normalized spacial score (nSPS) is 16.0. The molecule has 0 aliphatic carbocycles. The molecule has 1 aromatic carbocycles. The van der Waals surface area contributed by atoms with Gasteiger partial charge in [0.2, 0.25) is 0 Å². The minimum absolute atomic E-state index is 0.126.